The number of hydrogen-bond acceptors (Lipinski definition) is 3. The molecule has 70 valence electrons. The standard InChI is InChI=1S/C8H8FNO3/c1-13-7-2-5(9)4-10-6(7)3-8(11)12/h2,4H,3H2,1H3,(H,11,12). The molecular formula is C8H8FNO3. The molecule has 0 aliphatic rings. The minimum absolute atomic E-state index is 0.155. The van der Waals surface area contributed by atoms with Crippen LogP contribution in [0.15, 0.2) is 12.3 Å². The molecule has 1 rings (SSSR count). The van der Waals surface area contributed by atoms with E-state index in [2.05, 4.69) is 4.98 Å². The second kappa shape index (κ2) is 3.84. The van der Waals surface area contributed by atoms with Gasteiger partial charge in [-0.25, -0.2) is 4.39 Å². The van der Waals surface area contributed by atoms with Crippen molar-refractivity contribution in [2.75, 3.05) is 7.11 Å². The van der Waals surface area contributed by atoms with Gasteiger partial charge in [-0.05, 0) is 0 Å². The fourth-order valence-electron chi connectivity index (χ4n) is 0.902. The Hall–Kier alpha value is -1.65. The number of carboxylic acid groups (broad SMARTS) is 1. The Morgan fingerprint density at radius 1 is 1.77 bits per heavy atom. The van der Waals surface area contributed by atoms with Gasteiger partial charge in [0.25, 0.3) is 0 Å². The second-order valence-electron chi connectivity index (χ2n) is 2.37. The second-order valence-corrected chi connectivity index (χ2v) is 2.37. The molecule has 1 N–H and O–H groups in total. The Morgan fingerprint density at radius 2 is 2.46 bits per heavy atom. The maximum atomic E-state index is 12.6. The number of pyridine rings is 1. The van der Waals surface area contributed by atoms with Crippen molar-refractivity contribution in [1.29, 1.82) is 0 Å². The number of rotatable bonds is 3. The summed E-state index contributed by atoms with van der Waals surface area (Å²) in [6.45, 7) is 0. The smallest absolute Gasteiger partial charge is 0.309 e. The molecule has 5 heteroatoms. The zero-order valence-electron chi connectivity index (χ0n) is 6.95. The van der Waals surface area contributed by atoms with Crippen molar-refractivity contribution >= 4 is 5.97 Å². The van der Waals surface area contributed by atoms with Gasteiger partial charge in [0, 0.05) is 6.07 Å². The van der Waals surface area contributed by atoms with E-state index in [0.29, 0.717) is 0 Å². The highest BCUT2D eigenvalue weighted by Crippen LogP contribution is 2.16. The zero-order chi connectivity index (χ0) is 9.84. The molecule has 0 amide bonds. The monoisotopic (exact) mass is 185 g/mol. The lowest BCUT2D eigenvalue weighted by molar-refractivity contribution is -0.136. The van der Waals surface area contributed by atoms with E-state index in [4.69, 9.17) is 9.84 Å². The number of aliphatic carboxylic acids is 1. The van der Waals surface area contributed by atoms with Gasteiger partial charge in [-0.15, -0.1) is 0 Å². The molecule has 13 heavy (non-hydrogen) atoms. The topological polar surface area (TPSA) is 59.4 Å². The summed E-state index contributed by atoms with van der Waals surface area (Å²) in [5.74, 6) is -1.43. The van der Waals surface area contributed by atoms with Crippen LogP contribution in [-0.4, -0.2) is 23.2 Å². The molecule has 1 heterocycles. The number of aromatic nitrogens is 1. The van der Waals surface area contributed by atoms with Crippen molar-refractivity contribution in [2.45, 2.75) is 6.42 Å². The van der Waals surface area contributed by atoms with Crippen molar-refractivity contribution in [3.05, 3.63) is 23.8 Å². The summed E-state index contributed by atoms with van der Waals surface area (Å²) in [6.07, 6.45) is 0.685. The Kier molecular flexibility index (Phi) is 2.79. The molecule has 0 saturated carbocycles. The van der Waals surface area contributed by atoms with E-state index in [1.165, 1.54) is 7.11 Å². The van der Waals surface area contributed by atoms with Crippen LogP contribution in [0.1, 0.15) is 5.69 Å². The van der Waals surface area contributed by atoms with Gasteiger partial charge in [-0.3, -0.25) is 9.78 Å². The van der Waals surface area contributed by atoms with E-state index in [1.54, 1.807) is 0 Å². The molecule has 0 aliphatic heterocycles. The summed E-state index contributed by atoms with van der Waals surface area (Å²) in [5.41, 5.74) is 0.219. The van der Waals surface area contributed by atoms with Crippen LogP contribution in [0.25, 0.3) is 0 Å². The predicted molar refractivity (Wildman–Crippen MR) is 42.1 cm³/mol. The molecule has 1 aromatic rings. The Morgan fingerprint density at radius 3 is 3.00 bits per heavy atom. The first-order chi connectivity index (χ1) is 6.13. The quantitative estimate of drug-likeness (QED) is 0.758. The van der Waals surface area contributed by atoms with Crippen LogP contribution in [0.5, 0.6) is 5.75 Å². The van der Waals surface area contributed by atoms with Crippen LogP contribution in [0.3, 0.4) is 0 Å². The largest absolute Gasteiger partial charge is 0.495 e. The van der Waals surface area contributed by atoms with Gasteiger partial charge in [-0.1, -0.05) is 0 Å². The highest BCUT2D eigenvalue weighted by Gasteiger charge is 2.09. The molecule has 0 aromatic carbocycles. The molecular weight excluding hydrogens is 177 g/mol. The van der Waals surface area contributed by atoms with Crippen LogP contribution >= 0.6 is 0 Å². The molecule has 0 saturated heterocycles. The molecule has 0 bridgehead atoms. The van der Waals surface area contributed by atoms with Crippen LogP contribution in [0.2, 0.25) is 0 Å². The van der Waals surface area contributed by atoms with Crippen LogP contribution < -0.4 is 4.74 Å². The summed E-state index contributed by atoms with van der Waals surface area (Å²) < 4.78 is 17.3. The number of carboxylic acids is 1. The summed E-state index contributed by atoms with van der Waals surface area (Å²) in [7, 11) is 1.34. The number of carbonyl (C=O) groups is 1. The number of nitrogens with zero attached hydrogens (tertiary/aromatic N) is 1. The summed E-state index contributed by atoms with van der Waals surface area (Å²) in [4.78, 5) is 13.9. The highest BCUT2D eigenvalue weighted by atomic mass is 19.1. The van der Waals surface area contributed by atoms with E-state index >= 15 is 0 Å². The first-order valence-electron chi connectivity index (χ1n) is 3.53. The number of halogens is 1. The van der Waals surface area contributed by atoms with E-state index in [-0.39, 0.29) is 17.9 Å². The zero-order valence-corrected chi connectivity index (χ0v) is 6.95. The maximum absolute atomic E-state index is 12.6. The third kappa shape index (κ3) is 2.40. The van der Waals surface area contributed by atoms with Gasteiger partial charge >= 0.3 is 5.97 Å². The van der Waals surface area contributed by atoms with Crippen molar-refractivity contribution in [3.8, 4) is 5.75 Å². The molecule has 0 aliphatic carbocycles. The number of hydrogen-bond donors (Lipinski definition) is 1. The van der Waals surface area contributed by atoms with Crippen LogP contribution in [0.4, 0.5) is 4.39 Å². The van der Waals surface area contributed by atoms with Crippen LogP contribution in [-0.2, 0) is 11.2 Å². The average molecular weight is 185 g/mol. The normalized spacial score (nSPS) is 9.69. The first kappa shape index (κ1) is 9.44. The molecule has 1 aromatic heterocycles. The highest BCUT2D eigenvalue weighted by molar-refractivity contribution is 5.70. The van der Waals surface area contributed by atoms with Gasteiger partial charge in [0.1, 0.15) is 11.6 Å². The lowest BCUT2D eigenvalue weighted by atomic mass is 10.2. The Labute approximate surface area is 74.0 Å². The summed E-state index contributed by atoms with van der Waals surface area (Å²) in [6, 6.07) is 1.10. The third-order valence-corrected chi connectivity index (χ3v) is 1.44. The van der Waals surface area contributed by atoms with E-state index in [0.717, 1.165) is 12.3 Å². The van der Waals surface area contributed by atoms with Gasteiger partial charge in [0.2, 0.25) is 0 Å². The minimum Gasteiger partial charge on any atom is -0.495 e. The van der Waals surface area contributed by atoms with Crippen molar-refractivity contribution in [3.63, 3.8) is 0 Å². The fraction of sp³-hybridized carbons (Fsp3) is 0.250. The van der Waals surface area contributed by atoms with E-state index in [1.807, 2.05) is 0 Å². The predicted octanol–water partition coefficient (Wildman–Crippen LogP) is 0.856. The summed E-state index contributed by atoms with van der Waals surface area (Å²) >= 11 is 0. The molecule has 0 atom stereocenters. The van der Waals surface area contributed by atoms with Gasteiger partial charge in [0.05, 0.1) is 25.4 Å². The van der Waals surface area contributed by atoms with E-state index in [9.17, 15) is 9.18 Å². The minimum atomic E-state index is -1.03. The average Bonchev–Trinajstić information content (AvgIpc) is 2.07. The maximum Gasteiger partial charge on any atom is 0.309 e. The van der Waals surface area contributed by atoms with Gasteiger partial charge in [0.15, 0.2) is 0 Å². The molecule has 4 nitrogen and oxygen atoms in total. The number of ether oxygens (including phenoxy) is 1. The molecule has 0 unspecified atom stereocenters. The van der Waals surface area contributed by atoms with Gasteiger partial charge in [-0.2, -0.15) is 0 Å². The third-order valence-electron chi connectivity index (χ3n) is 1.44. The van der Waals surface area contributed by atoms with Crippen LogP contribution in [0, 0.1) is 5.82 Å². The lowest BCUT2D eigenvalue weighted by Crippen LogP contribution is -2.04. The van der Waals surface area contributed by atoms with Crippen molar-refractivity contribution < 1.29 is 19.0 Å². The number of methoxy groups -OCH3 is 1. The van der Waals surface area contributed by atoms with Crippen molar-refractivity contribution in [2.24, 2.45) is 0 Å². The molecule has 0 fully saturated rings. The Balaban J connectivity index is 2.99. The van der Waals surface area contributed by atoms with E-state index < -0.39 is 11.8 Å². The fourth-order valence-corrected chi connectivity index (χ4v) is 0.902. The van der Waals surface area contributed by atoms with Gasteiger partial charge < -0.3 is 9.84 Å². The first-order valence-corrected chi connectivity index (χ1v) is 3.53. The SMILES string of the molecule is COc1cc(F)cnc1CC(=O)O. The lowest BCUT2D eigenvalue weighted by Gasteiger charge is -2.04. The molecule has 0 spiro atoms. The Bertz CT molecular complexity index is 327. The summed E-state index contributed by atoms with van der Waals surface area (Å²) in [5, 5.41) is 8.47. The molecule has 0 radical (unpaired) electrons. The van der Waals surface area contributed by atoms with Crippen molar-refractivity contribution in [1.82, 2.24) is 4.98 Å².